The van der Waals surface area contributed by atoms with Gasteiger partial charge in [0.05, 0.1) is 17.1 Å². The number of sulfone groups is 1. The van der Waals surface area contributed by atoms with Gasteiger partial charge >= 0.3 is 0 Å². The maximum absolute atomic E-state index is 13.6. The van der Waals surface area contributed by atoms with Gasteiger partial charge in [-0.25, -0.2) is 12.8 Å². The molecule has 0 saturated heterocycles. The van der Waals surface area contributed by atoms with E-state index in [2.05, 4.69) is 4.98 Å². The Balaban J connectivity index is 2.36. The van der Waals surface area contributed by atoms with Crippen LogP contribution in [0.5, 0.6) is 0 Å². The zero-order chi connectivity index (χ0) is 14.0. The SMILES string of the molecule is CS(=O)(=O)c1ccc(C(N)c2ccncc2F)cc1. The maximum Gasteiger partial charge on any atom is 0.175 e. The van der Waals surface area contributed by atoms with Gasteiger partial charge in [-0.1, -0.05) is 12.1 Å². The summed E-state index contributed by atoms with van der Waals surface area (Å²) in [6.45, 7) is 0. The maximum atomic E-state index is 13.6. The molecule has 0 saturated carbocycles. The first-order chi connectivity index (χ1) is 8.89. The highest BCUT2D eigenvalue weighted by Crippen LogP contribution is 2.22. The summed E-state index contributed by atoms with van der Waals surface area (Å²) in [6, 6.07) is 6.94. The zero-order valence-corrected chi connectivity index (χ0v) is 11.1. The first kappa shape index (κ1) is 13.6. The molecule has 0 bridgehead atoms. The Bertz CT molecular complexity index is 684. The fraction of sp³-hybridized carbons (Fsp3) is 0.154. The molecule has 0 amide bonds. The van der Waals surface area contributed by atoms with Gasteiger partial charge in [-0.3, -0.25) is 4.98 Å². The first-order valence-electron chi connectivity index (χ1n) is 5.54. The van der Waals surface area contributed by atoms with Crippen molar-refractivity contribution in [3.8, 4) is 0 Å². The van der Waals surface area contributed by atoms with Gasteiger partial charge in [-0.15, -0.1) is 0 Å². The predicted octanol–water partition coefficient (Wildman–Crippen LogP) is 1.67. The number of nitrogens with two attached hydrogens (primary N) is 1. The standard InChI is InChI=1S/C13H13FN2O2S/c1-19(17,18)10-4-2-9(3-5-10)13(15)11-6-7-16-8-12(11)14/h2-8,13H,15H2,1H3. The number of hydrogen-bond donors (Lipinski definition) is 1. The molecule has 2 rings (SSSR count). The minimum Gasteiger partial charge on any atom is -0.320 e. The van der Waals surface area contributed by atoms with Crippen molar-refractivity contribution in [1.82, 2.24) is 4.98 Å². The second-order valence-electron chi connectivity index (χ2n) is 4.22. The fourth-order valence-electron chi connectivity index (χ4n) is 1.74. The van der Waals surface area contributed by atoms with E-state index < -0.39 is 21.7 Å². The molecule has 0 fully saturated rings. The summed E-state index contributed by atoms with van der Waals surface area (Å²) in [7, 11) is -3.24. The van der Waals surface area contributed by atoms with Crippen LogP contribution in [-0.4, -0.2) is 19.7 Å². The average Bonchev–Trinajstić information content (AvgIpc) is 2.38. The summed E-state index contributed by atoms with van der Waals surface area (Å²) >= 11 is 0. The van der Waals surface area contributed by atoms with Crippen molar-refractivity contribution >= 4 is 9.84 Å². The van der Waals surface area contributed by atoms with Crippen LogP contribution in [0, 0.1) is 5.82 Å². The average molecular weight is 280 g/mol. The molecule has 0 radical (unpaired) electrons. The van der Waals surface area contributed by atoms with Crippen LogP contribution in [0.15, 0.2) is 47.6 Å². The Morgan fingerprint density at radius 3 is 2.37 bits per heavy atom. The number of pyridine rings is 1. The van der Waals surface area contributed by atoms with Crippen molar-refractivity contribution in [2.45, 2.75) is 10.9 Å². The Morgan fingerprint density at radius 2 is 1.84 bits per heavy atom. The molecule has 0 aliphatic rings. The molecule has 1 unspecified atom stereocenters. The molecular formula is C13H13FN2O2S. The van der Waals surface area contributed by atoms with Crippen molar-refractivity contribution in [3.63, 3.8) is 0 Å². The highest BCUT2D eigenvalue weighted by atomic mass is 32.2. The third-order valence-corrected chi connectivity index (χ3v) is 3.93. The van der Waals surface area contributed by atoms with E-state index in [1.807, 2.05) is 0 Å². The molecule has 4 nitrogen and oxygen atoms in total. The van der Waals surface area contributed by atoms with Crippen molar-refractivity contribution in [1.29, 1.82) is 0 Å². The lowest BCUT2D eigenvalue weighted by Gasteiger charge is -2.13. The van der Waals surface area contributed by atoms with E-state index in [9.17, 15) is 12.8 Å². The van der Waals surface area contributed by atoms with Gasteiger partial charge in [-0.2, -0.15) is 0 Å². The molecule has 1 aromatic carbocycles. The van der Waals surface area contributed by atoms with E-state index in [1.165, 1.54) is 24.4 Å². The highest BCUT2D eigenvalue weighted by molar-refractivity contribution is 7.90. The van der Waals surface area contributed by atoms with Crippen molar-refractivity contribution in [3.05, 3.63) is 59.7 Å². The van der Waals surface area contributed by atoms with Crippen molar-refractivity contribution in [2.75, 3.05) is 6.26 Å². The summed E-state index contributed by atoms with van der Waals surface area (Å²) in [5, 5.41) is 0. The second kappa shape index (κ2) is 5.07. The van der Waals surface area contributed by atoms with Gasteiger partial charge in [0, 0.05) is 18.0 Å². The van der Waals surface area contributed by atoms with Crippen LogP contribution in [0.25, 0.3) is 0 Å². The largest absolute Gasteiger partial charge is 0.320 e. The van der Waals surface area contributed by atoms with E-state index in [1.54, 1.807) is 12.1 Å². The summed E-state index contributed by atoms with van der Waals surface area (Å²) < 4.78 is 36.2. The highest BCUT2D eigenvalue weighted by Gasteiger charge is 2.14. The Kier molecular flexibility index (Phi) is 3.64. The van der Waals surface area contributed by atoms with Crippen molar-refractivity contribution < 1.29 is 12.8 Å². The summed E-state index contributed by atoms with van der Waals surface area (Å²) in [5.74, 6) is -0.484. The normalized spacial score (nSPS) is 13.2. The Hall–Kier alpha value is -1.79. The lowest BCUT2D eigenvalue weighted by atomic mass is 10.0. The molecule has 1 heterocycles. The molecule has 0 spiro atoms. The number of halogens is 1. The molecule has 1 aromatic heterocycles. The quantitative estimate of drug-likeness (QED) is 0.928. The number of nitrogens with zero attached hydrogens (tertiary/aromatic N) is 1. The van der Waals surface area contributed by atoms with E-state index in [0.29, 0.717) is 11.1 Å². The number of rotatable bonds is 3. The minimum atomic E-state index is -3.24. The summed E-state index contributed by atoms with van der Waals surface area (Å²) in [4.78, 5) is 3.86. The third-order valence-electron chi connectivity index (χ3n) is 2.81. The van der Waals surface area contributed by atoms with Gasteiger partial charge in [0.1, 0.15) is 5.82 Å². The van der Waals surface area contributed by atoms with E-state index in [-0.39, 0.29) is 4.90 Å². The van der Waals surface area contributed by atoms with Crippen LogP contribution >= 0.6 is 0 Å². The summed E-state index contributed by atoms with van der Waals surface area (Å²) in [6.07, 6.45) is 3.69. The molecule has 0 aliphatic heterocycles. The predicted molar refractivity (Wildman–Crippen MR) is 69.8 cm³/mol. The fourth-order valence-corrected chi connectivity index (χ4v) is 2.37. The first-order valence-corrected chi connectivity index (χ1v) is 7.44. The van der Waals surface area contributed by atoms with Gasteiger partial charge in [-0.05, 0) is 23.8 Å². The number of hydrogen-bond acceptors (Lipinski definition) is 4. The van der Waals surface area contributed by atoms with Crippen LogP contribution in [0.2, 0.25) is 0 Å². The number of benzene rings is 1. The van der Waals surface area contributed by atoms with E-state index in [0.717, 1.165) is 12.5 Å². The lowest BCUT2D eigenvalue weighted by Crippen LogP contribution is -2.14. The summed E-state index contributed by atoms with van der Waals surface area (Å²) in [5.41, 5.74) is 6.92. The van der Waals surface area contributed by atoms with Crippen molar-refractivity contribution in [2.24, 2.45) is 5.73 Å². The van der Waals surface area contributed by atoms with Gasteiger partial charge in [0.15, 0.2) is 9.84 Å². The molecule has 19 heavy (non-hydrogen) atoms. The van der Waals surface area contributed by atoms with Crippen LogP contribution in [0.4, 0.5) is 4.39 Å². The Labute approximate surface area is 111 Å². The van der Waals surface area contributed by atoms with Crippen LogP contribution in [0.3, 0.4) is 0 Å². The Morgan fingerprint density at radius 1 is 1.21 bits per heavy atom. The molecule has 2 aromatic rings. The topological polar surface area (TPSA) is 73.0 Å². The lowest BCUT2D eigenvalue weighted by molar-refractivity contribution is 0.592. The van der Waals surface area contributed by atoms with Crippen LogP contribution in [-0.2, 0) is 9.84 Å². The smallest absolute Gasteiger partial charge is 0.175 e. The second-order valence-corrected chi connectivity index (χ2v) is 6.23. The molecular weight excluding hydrogens is 267 g/mol. The van der Waals surface area contributed by atoms with E-state index >= 15 is 0 Å². The number of aromatic nitrogens is 1. The van der Waals surface area contributed by atoms with Gasteiger partial charge in [0.25, 0.3) is 0 Å². The molecule has 1 atom stereocenters. The third kappa shape index (κ3) is 2.97. The monoisotopic (exact) mass is 280 g/mol. The van der Waals surface area contributed by atoms with Gasteiger partial charge < -0.3 is 5.73 Å². The molecule has 100 valence electrons. The molecule has 2 N–H and O–H groups in total. The van der Waals surface area contributed by atoms with Crippen LogP contribution < -0.4 is 5.73 Å². The molecule has 0 aliphatic carbocycles. The minimum absolute atomic E-state index is 0.207. The van der Waals surface area contributed by atoms with Crippen LogP contribution in [0.1, 0.15) is 17.2 Å². The van der Waals surface area contributed by atoms with Gasteiger partial charge in [0.2, 0.25) is 0 Å². The van der Waals surface area contributed by atoms with E-state index in [4.69, 9.17) is 5.73 Å². The molecule has 6 heteroatoms. The zero-order valence-electron chi connectivity index (χ0n) is 10.2.